The standard InChI is InChI=1S/C20H23Cl2N3O4S4/c1-30-17-5-3-13-7-9-24(11-15(13)19(17)21)32(26,27)23-33(28,29)25-10-8-14-4-6-18(31-2)20(22)16(14)12-25/h3-6,23H,7-12H2,1-2H3. The van der Waals surface area contributed by atoms with Crippen LogP contribution in [0.4, 0.5) is 0 Å². The molecule has 0 unspecified atom stereocenters. The van der Waals surface area contributed by atoms with Crippen LogP contribution in [0.2, 0.25) is 10.0 Å². The summed E-state index contributed by atoms with van der Waals surface area (Å²) in [5.41, 5.74) is 3.36. The van der Waals surface area contributed by atoms with Crippen LogP contribution in [0.15, 0.2) is 34.1 Å². The van der Waals surface area contributed by atoms with E-state index in [-0.39, 0.29) is 26.2 Å². The second-order valence-corrected chi connectivity index (χ2v) is 13.8. The minimum Gasteiger partial charge on any atom is -0.194 e. The number of thioether (sulfide) groups is 2. The fourth-order valence-electron chi connectivity index (χ4n) is 4.06. The van der Waals surface area contributed by atoms with Crippen LogP contribution in [0.25, 0.3) is 0 Å². The van der Waals surface area contributed by atoms with Gasteiger partial charge in [0.2, 0.25) is 0 Å². The average molecular weight is 569 g/mol. The molecule has 2 aliphatic rings. The van der Waals surface area contributed by atoms with Gasteiger partial charge in [-0.05, 0) is 59.7 Å². The van der Waals surface area contributed by atoms with E-state index < -0.39 is 20.4 Å². The van der Waals surface area contributed by atoms with Crippen molar-refractivity contribution in [1.29, 1.82) is 0 Å². The van der Waals surface area contributed by atoms with Crippen molar-refractivity contribution >= 4 is 67.1 Å². The summed E-state index contributed by atoms with van der Waals surface area (Å²) in [6, 6.07) is 7.72. The molecule has 0 radical (unpaired) electrons. The summed E-state index contributed by atoms with van der Waals surface area (Å²) in [6.45, 7) is 0.357. The average Bonchev–Trinajstić information content (AvgIpc) is 2.78. The highest BCUT2D eigenvalue weighted by atomic mass is 35.5. The summed E-state index contributed by atoms with van der Waals surface area (Å²) in [6.07, 6.45) is 4.69. The maximum absolute atomic E-state index is 13.1. The Morgan fingerprint density at radius 2 is 1.15 bits per heavy atom. The van der Waals surface area contributed by atoms with Crippen molar-refractivity contribution in [3.05, 3.63) is 56.6 Å². The van der Waals surface area contributed by atoms with Gasteiger partial charge in [0, 0.05) is 36.0 Å². The Labute approximate surface area is 213 Å². The summed E-state index contributed by atoms with van der Waals surface area (Å²) < 4.78 is 56.4. The van der Waals surface area contributed by atoms with Gasteiger partial charge in [-0.3, -0.25) is 0 Å². The van der Waals surface area contributed by atoms with Crippen LogP contribution < -0.4 is 4.13 Å². The Morgan fingerprint density at radius 1 is 0.758 bits per heavy atom. The van der Waals surface area contributed by atoms with Crippen LogP contribution in [0.1, 0.15) is 22.3 Å². The monoisotopic (exact) mass is 567 g/mol. The van der Waals surface area contributed by atoms with E-state index in [1.807, 2.05) is 40.9 Å². The van der Waals surface area contributed by atoms with Gasteiger partial charge in [-0.15, -0.1) is 23.5 Å². The van der Waals surface area contributed by atoms with Gasteiger partial charge in [-0.2, -0.15) is 25.4 Å². The number of rotatable bonds is 6. The van der Waals surface area contributed by atoms with Crippen LogP contribution in [-0.2, 0) is 46.3 Å². The summed E-state index contributed by atoms with van der Waals surface area (Å²) >= 11 is 15.9. The predicted molar refractivity (Wildman–Crippen MR) is 136 cm³/mol. The Balaban J connectivity index is 1.55. The number of nitrogens with one attached hydrogen (secondary N) is 1. The fraction of sp³-hybridized carbons (Fsp3) is 0.400. The third-order valence-corrected chi connectivity index (χ3v) is 12.2. The molecule has 0 amide bonds. The lowest BCUT2D eigenvalue weighted by Gasteiger charge is -2.32. The summed E-state index contributed by atoms with van der Waals surface area (Å²) in [5.74, 6) is 0. The lowest BCUT2D eigenvalue weighted by Crippen LogP contribution is -2.51. The van der Waals surface area contributed by atoms with Crippen molar-refractivity contribution in [2.45, 2.75) is 35.7 Å². The third-order valence-electron chi connectivity index (χ3n) is 5.87. The molecular weight excluding hydrogens is 545 g/mol. The molecule has 7 nitrogen and oxygen atoms in total. The highest BCUT2D eigenvalue weighted by molar-refractivity contribution is 8.02. The van der Waals surface area contributed by atoms with Crippen molar-refractivity contribution in [3.63, 3.8) is 0 Å². The van der Waals surface area contributed by atoms with Gasteiger partial charge >= 0.3 is 0 Å². The molecular formula is C20H23Cl2N3O4S4. The maximum atomic E-state index is 13.1. The number of halogens is 2. The van der Waals surface area contributed by atoms with Crippen LogP contribution in [0, 0.1) is 0 Å². The molecule has 1 N–H and O–H groups in total. The molecule has 0 bridgehead atoms. The predicted octanol–water partition coefficient (Wildman–Crippen LogP) is 3.93. The van der Waals surface area contributed by atoms with Gasteiger partial charge in [-0.1, -0.05) is 39.5 Å². The molecule has 4 rings (SSSR count). The SMILES string of the molecule is CSc1ccc2c(c1Cl)CN(S(=O)(=O)NS(=O)(=O)N1CCc3ccc(SC)c(Cl)c3C1)CC2. The first kappa shape index (κ1) is 25.6. The van der Waals surface area contributed by atoms with Crippen molar-refractivity contribution in [2.75, 3.05) is 25.6 Å². The molecule has 180 valence electrons. The van der Waals surface area contributed by atoms with Gasteiger partial charge < -0.3 is 0 Å². The highest BCUT2D eigenvalue weighted by Gasteiger charge is 2.36. The minimum absolute atomic E-state index is 0.0131. The molecule has 2 heterocycles. The molecule has 0 aliphatic carbocycles. The Kier molecular flexibility index (Phi) is 7.65. The smallest absolute Gasteiger partial charge is 0.194 e. The third kappa shape index (κ3) is 5.07. The summed E-state index contributed by atoms with van der Waals surface area (Å²) in [4.78, 5) is 1.70. The van der Waals surface area contributed by atoms with Crippen LogP contribution in [0.5, 0.6) is 0 Å². The van der Waals surface area contributed by atoms with E-state index in [2.05, 4.69) is 0 Å². The van der Waals surface area contributed by atoms with Crippen LogP contribution in [-0.4, -0.2) is 51.0 Å². The lowest BCUT2D eigenvalue weighted by molar-refractivity contribution is 0.375. The molecule has 2 aliphatic heterocycles. The quantitative estimate of drug-likeness (QED) is 0.532. The number of benzene rings is 2. The second-order valence-electron chi connectivity index (χ2n) is 7.70. The minimum atomic E-state index is -4.32. The van der Waals surface area contributed by atoms with Gasteiger partial charge in [-0.25, -0.2) is 0 Å². The molecule has 0 atom stereocenters. The van der Waals surface area contributed by atoms with E-state index in [0.717, 1.165) is 29.5 Å². The molecule has 33 heavy (non-hydrogen) atoms. The normalized spacial score (nSPS) is 17.6. The molecule has 0 fully saturated rings. The molecule has 0 aromatic heterocycles. The zero-order chi connectivity index (χ0) is 24.0. The maximum Gasteiger partial charge on any atom is 0.293 e. The molecule has 13 heteroatoms. The van der Waals surface area contributed by atoms with E-state index in [9.17, 15) is 16.8 Å². The first-order chi connectivity index (χ1) is 15.6. The number of nitrogens with zero attached hydrogens (tertiary/aromatic N) is 2. The molecule has 2 aromatic rings. The molecule has 0 spiro atoms. The topological polar surface area (TPSA) is 86.8 Å². The Bertz CT molecular complexity index is 1200. The largest absolute Gasteiger partial charge is 0.293 e. The van der Waals surface area contributed by atoms with E-state index in [1.54, 1.807) is 0 Å². The van der Waals surface area contributed by atoms with Crippen molar-refractivity contribution in [2.24, 2.45) is 0 Å². The van der Waals surface area contributed by atoms with E-state index in [1.165, 1.54) is 23.5 Å². The van der Waals surface area contributed by atoms with E-state index in [4.69, 9.17) is 23.2 Å². The number of fused-ring (bicyclic) bond motifs is 2. The van der Waals surface area contributed by atoms with E-state index >= 15 is 0 Å². The molecule has 0 saturated carbocycles. The van der Waals surface area contributed by atoms with Crippen molar-refractivity contribution < 1.29 is 16.8 Å². The number of hydrogen-bond donors (Lipinski definition) is 1. The molecule has 0 saturated heterocycles. The fourth-order valence-corrected chi connectivity index (χ4v) is 9.19. The van der Waals surface area contributed by atoms with Gasteiger partial charge in [0.05, 0.1) is 10.0 Å². The number of hydrogen-bond acceptors (Lipinski definition) is 6. The summed E-state index contributed by atoms with van der Waals surface area (Å²) in [7, 11) is -8.64. The van der Waals surface area contributed by atoms with Gasteiger partial charge in [0.1, 0.15) is 0 Å². The lowest BCUT2D eigenvalue weighted by atomic mass is 10.0. The van der Waals surface area contributed by atoms with Crippen LogP contribution in [0.3, 0.4) is 0 Å². The van der Waals surface area contributed by atoms with Gasteiger partial charge in [0.15, 0.2) is 0 Å². The van der Waals surface area contributed by atoms with Crippen molar-refractivity contribution in [3.8, 4) is 0 Å². The Hall–Kier alpha value is -0.500. The first-order valence-electron chi connectivity index (χ1n) is 10.0. The molecule has 2 aromatic carbocycles. The summed E-state index contributed by atoms with van der Waals surface area (Å²) in [5, 5.41) is 1.02. The highest BCUT2D eigenvalue weighted by Crippen LogP contribution is 2.36. The van der Waals surface area contributed by atoms with Crippen molar-refractivity contribution in [1.82, 2.24) is 12.7 Å². The second kappa shape index (κ2) is 9.87. The zero-order valence-electron chi connectivity index (χ0n) is 18.0. The zero-order valence-corrected chi connectivity index (χ0v) is 22.7. The Morgan fingerprint density at radius 3 is 1.52 bits per heavy atom. The van der Waals surface area contributed by atoms with Gasteiger partial charge in [0.25, 0.3) is 20.4 Å². The van der Waals surface area contributed by atoms with Crippen LogP contribution >= 0.6 is 46.7 Å². The van der Waals surface area contributed by atoms with E-state index in [0.29, 0.717) is 34.0 Å². The first-order valence-corrected chi connectivity index (χ1v) is 16.1.